The molecule has 2 heteroatoms. The van der Waals surface area contributed by atoms with E-state index in [1.807, 2.05) is 0 Å². The Bertz CT molecular complexity index is 296. The number of carbonyl (C=O) groups is 1. The average Bonchev–Trinajstić information content (AvgIpc) is 3.20. The molecule has 0 aromatic carbocycles. The molecule has 0 bridgehead atoms. The first kappa shape index (κ1) is 18.3. The monoisotopic (exact) mass is 294 g/mol. The highest BCUT2D eigenvalue weighted by Crippen LogP contribution is 2.45. The van der Waals surface area contributed by atoms with Crippen molar-refractivity contribution in [2.75, 3.05) is 0 Å². The van der Waals surface area contributed by atoms with Crippen molar-refractivity contribution >= 4 is 5.97 Å². The Labute approximate surface area is 131 Å². The molecule has 0 aromatic rings. The van der Waals surface area contributed by atoms with Crippen LogP contribution in [0.2, 0.25) is 0 Å². The SMILES string of the molecule is CCC=CCCCCC1CC1CCCCCCCC(=O)O. The Balaban J connectivity index is 1.80. The molecule has 2 nitrogen and oxygen atoms in total. The standard InChI is InChI=1S/C19H34O2/c1-2-3-4-5-7-10-13-17-16-18(17)14-11-8-6-9-12-15-19(20)21/h3-4,17-18H,2,5-16H2,1H3,(H,20,21). The van der Waals surface area contributed by atoms with E-state index in [0.29, 0.717) is 6.42 Å². The maximum Gasteiger partial charge on any atom is 0.303 e. The highest BCUT2D eigenvalue weighted by atomic mass is 16.4. The smallest absolute Gasteiger partial charge is 0.303 e. The topological polar surface area (TPSA) is 37.3 Å². The van der Waals surface area contributed by atoms with E-state index < -0.39 is 5.97 Å². The summed E-state index contributed by atoms with van der Waals surface area (Å²) in [7, 11) is 0. The summed E-state index contributed by atoms with van der Waals surface area (Å²) in [6, 6.07) is 0. The second-order valence-electron chi connectivity index (χ2n) is 6.62. The highest BCUT2D eigenvalue weighted by Gasteiger charge is 2.34. The lowest BCUT2D eigenvalue weighted by Crippen LogP contribution is -1.93. The molecule has 0 radical (unpaired) electrons. The van der Waals surface area contributed by atoms with Gasteiger partial charge in [0.1, 0.15) is 0 Å². The normalized spacial score (nSPS) is 21.0. The third-order valence-corrected chi connectivity index (χ3v) is 4.63. The molecule has 0 heterocycles. The molecule has 1 saturated carbocycles. The van der Waals surface area contributed by atoms with Crippen LogP contribution in [0.25, 0.3) is 0 Å². The van der Waals surface area contributed by atoms with Crippen LogP contribution in [0.5, 0.6) is 0 Å². The lowest BCUT2D eigenvalue weighted by atomic mass is 10.0. The van der Waals surface area contributed by atoms with Crippen molar-refractivity contribution in [1.82, 2.24) is 0 Å². The Morgan fingerprint density at radius 1 is 0.952 bits per heavy atom. The Morgan fingerprint density at radius 2 is 1.57 bits per heavy atom. The number of rotatable bonds is 14. The minimum Gasteiger partial charge on any atom is -0.481 e. The van der Waals surface area contributed by atoms with Crippen molar-refractivity contribution in [3.05, 3.63) is 12.2 Å². The van der Waals surface area contributed by atoms with E-state index in [2.05, 4.69) is 19.1 Å². The molecule has 1 aliphatic carbocycles. The van der Waals surface area contributed by atoms with E-state index in [1.54, 1.807) is 0 Å². The fraction of sp³-hybridized carbons (Fsp3) is 0.842. The van der Waals surface area contributed by atoms with E-state index in [9.17, 15) is 4.79 Å². The number of allylic oxidation sites excluding steroid dienone is 2. The Morgan fingerprint density at radius 3 is 2.24 bits per heavy atom. The first-order valence-corrected chi connectivity index (χ1v) is 9.10. The second-order valence-corrected chi connectivity index (χ2v) is 6.62. The molecular weight excluding hydrogens is 260 g/mol. The fourth-order valence-electron chi connectivity index (χ4n) is 3.18. The van der Waals surface area contributed by atoms with Crippen LogP contribution in [-0.4, -0.2) is 11.1 Å². The summed E-state index contributed by atoms with van der Waals surface area (Å²) < 4.78 is 0. The zero-order valence-corrected chi connectivity index (χ0v) is 13.9. The fourth-order valence-corrected chi connectivity index (χ4v) is 3.18. The minimum absolute atomic E-state index is 0.345. The molecule has 1 fully saturated rings. The van der Waals surface area contributed by atoms with Crippen molar-refractivity contribution in [3.63, 3.8) is 0 Å². The van der Waals surface area contributed by atoms with Crippen LogP contribution < -0.4 is 0 Å². The molecule has 0 spiro atoms. The zero-order valence-electron chi connectivity index (χ0n) is 13.9. The van der Waals surface area contributed by atoms with Gasteiger partial charge in [-0.1, -0.05) is 64.0 Å². The van der Waals surface area contributed by atoms with Crippen LogP contribution in [0.3, 0.4) is 0 Å². The molecule has 0 amide bonds. The molecule has 0 aliphatic heterocycles. The van der Waals surface area contributed by atoms with Gasteiger partial charge in [-0.2, -0.15) is 0 Å². The molecule has 122 valence electrons. The molecule has 1 rings (SSSR count). The summed E-state index contributed by atoms with van der Waals surface area (Å²) in [5.41, 5.74) is 0. The van der Waals surface area contributed by atoms with Gasteiger partial charge in [-0.25, -0.2) is 0 Å². The molecular formula is C19H34O2. The van der Waals surface area contributed by atoms with Gasteiger partial charge >= 0.3 is 5.97 Å². The summed E-state index contributed by atoms with van der Waals surface area (Å²) in [5.74, 6) is 1.41. The molecule has 0 aromatic heterocycles. The summed E-state index contributed by atoms with van der Waals surface area (Å²) in [5, 5.41) is 8.55. The zero-order chi connectivity index (χ0) is 15.3. The summed E-state index contributed by atoms with van der Waals surface area (Å²) >= 11 is 0. The van der Waals surface area contributed by atoms with Gasteiger partial charge in [0, 0.05) is 6.42 Å². The predicted octanol–water partition coefficient (Wildman–Crippen LogP) is 5.96. The van der Waals surface area contributed by atoms with Crippen molar-refractivity contribution in [1.29, 1.82) is 0 Å². The lowest BCUT2D eigenvalue weighted by molar-refractivity contribution is -0.137. The largest absolute Gasteiger partial charge is 0.481 e. The van der Waals surface area contributed by atoms with E-state index in [1.165, 1.54) is 64.2 Å². The van der Waals surface area contributed by atoms with Crippen molar-refractivity contribution in [3.8, 4) is 0 Å². The van der Waals surface area contributed by atoms with E-state index in [4.69, 9.17) is 5.11 Å². The first-order chi connectivity index (χ1) is 10.2. The van der Waals surface area contributed by atoms with Gasteiger partial charge in [0.05, 0.1) is 0 Å². The molecule has 1 aliphatic rings. The Hall–Kier alpha value is -0.790. The maximum absolute atomic E-state index is 10.4. The van der Waals surface area contributed by atoms with Gasteiger partial charge in [-0.15, -0.1) is 0 Å². The van der Waals surface area contributed by atoms with E-state index in [-0.39, 0.29) is 0 Å². The second kappa shape index (κ2) is 11.8. The lowest BCUT2D eigenvalue weighted by Gasteiger charge is -2.01. The number of hydrogen-bond donors (Lipinski definition) is 1. The predicted molar refractivity (Wildman–Crippen MR) is 89.5 cm³/mol. The Kier molecular flexibility index (Phi) is 10.3. The number of aliphatic carboxylic acids is 1. The first-order valence-electron chi connectivity index (χ1n) is 9.10. The van der Waals surface area contributed by atoms with Gasteiger partial charge < -0.3 is 5.11 Å². The third kappa shape index (κ3) is 10.6. The van der Waals surface area contributed by atoms with Crippen LogP contribution in [-0.2, 0) is 4.79 Å². The average molecular weight is 294 g/mol. The van der Waals surface area contributed by atoms with Gasteiger partial charge in [0.15, 0.2) is 0 Å². The summed E-state index contributed by atoms with van der Waals surface area (Å²) in [6.07, 6.45) is 20.3. The van der Waals surface area contributed by atoms with Crippen LogP contribution in [0.4, 0.5) is 0 Å². The van der Waals surface area contributed by atoms with Crippen LogP contribution in [0.15, 0.2) is 12.2 Å². The number of unbranched alkanes of at least 4 members (excludes halogenated alkanes) is 6. The highest BCUT2D eigenvalue weighted by molar-refractivity contribution is 5.66. The summed E-state index contributed by atoms with van der Waals surface area (Å²) in [6.45, 7) is 2.19. The van der Waals surface area contributed by atoms with Gasteiger partial charge in [-0.05, 0) is 43.9 Å². The van der Waals surface area contributed by atoms with Gasteiger partial charge in [0.2, 0.25) is 0 Å². The summed E-state index contributed by atoms with van der Waals surface area (Å²) in [4.78, 5) is 10.4. The van der Waals surface area contributed by atoms with Crippen molar-refractivity contribution in [2.45, 2.75) is 90.4 Å². The van der Waals surface area contributed by atoms with Gasteiger partial charge in [-0.3, -0.25) is 4.79 Å². The van der Waals surface area contributed by atoms with Gasteiger partial charge in [0.25, 0.3) is 0 Å². The van der Waals surface area contributed by atoms with E-state index >= 15 is 0 Å². The molecule has 2 unspecified atom stereocenters. The number of carboxylic acid groups (broad SMARTS) is 1. The maximum atomic E-state index is 10.4. The van der Waals surface area contributed by atoms with Crippen LogP contribution >= 0.6 is 0 Å². The molecule has 1 N–H and O–H groups in total. The molecule has 21 heavy (non-hydrogen) atoms. The minimum atomic E-state index is -0.652. The van der Waals surface area contributed by atoms with Crippen LogP contribution in [0.1, 0.15) is 90.4 Å². The third-order valence-electron chi connectivity index (χ3n) is 4.63. The van der Waals surface area contributed by atoms with Crippen LogP contribution in [0, 0.1) is 11.8 Å². The van der Waals surface area contributed by atoms with Crippen molar-refractivity contribution in [2.24, 2.45) is 11.8 Å². The quantitative estimate of drug-likeness (QED) is 0.317. The van der Waals surface area contributed by atoms with E-state index in [0.717, 1.165) is 24.7 Å². The molecule has 0 saturated heterocycles. The number of carboxylic acids is 1. The molecule has 2 atom stereocenters. The number of hydrogen-bond acceptors (Lipinski definition) is 1. The van der Waals surface area contributed by atoms with Crippen molar-refractivity contribution < 1.29 is 9.90 Å².